The molecule has 0 N–H and O–H groups in total. The van der Waals surface area contributed by atoms with Gasteiger partial charge in [0.25, 0.3) is 0 Å². The number of nitrogens with zero attached hydrogens (tertiary/aromatic N) is 1. The molecule has 1 fully saturated rings. The molecule has 0 radical (unpaired) electrons. The minimum atomic E-state index is -0.175. The third-order valence-corrected chi connectivity index (χ3v) is 4.67. The van der Waals surface area contributed by atoms with E-state index in [2.05, 4.69) is 13.0 Å². The lowest BCUT2D eigenvalue weighted by molar-refractivity contribution is 0.152. The van der Waals surface area contributed by atoms with Crippen molar-refractivity contribution in [2.24, 2.45) is 11.3 Å². The molecule has 114 valence electrons. The molecule has 2 unspecified atom stereocenters. The maximum absolute atomic E-state index is 9.60. The van der Waals surface area contributed by atoms with Gasteiger partial charge >= 0.3 is 0 Å². The SMILES string of the molecule is CCC1CCCC(C#N)(CCOc2ccc(OC)cc2)C1. The summed E-state index contributed by atoms with van der Waals surface area (Å²) in [5.74, 6) is 2.38. The molecular formula is C18H25NO2. The third-order valence-electron chi connectivity index (χ3n) is 4.67. The lowest BCUT2D eigenvalue weighted by atomic mass is 9.68. The number of methoxy groups -OCH3 is 1. The van der Waals surface area contributed by atoms with Crippen LogP contribution < -0.4 is 9.47 Å². The Labute approximate surface area is 127 Å². The second-order valence-electron chi connectivity index (χ2n) is 6.04. The van der Waals surface area contributed by atoms with Crippen LogP contribution in [0.5, 0.6) is 11.5 Å². The van der Waals surface area contributed by atoms with Gasteiger partial charge in [-0.3, -0.25) is 0 Å². The van der Waals surface area contributed by atoms with Gasteiger partial charge in [-0.25, -0.2) is 0 Å². The van der Waals surface area contributed by atoms with Gasteiger partial charge in [-0.05, 0) is 43.0 Å². The summed E-state index contributed by atoms with van der Waals surface area (Å²) in [7, 11) is 1.65. The molecule has 1 aromatic rings. The van der Waals surface area contributed by atoms with Crippen molar-refractivity contribution in [3.8, 4) is 17.6 Å². The Morgan fingerprint density at radius 3 is 2.62 bits per heavy atom. The van der Waals surface area contributed by atoms with Gasteiger partial charge in [-0.1, -0.05) is 26.2 Å². The van der Waals surface area contributed by atoms with E-state index >= 15 is 0 Å². The van der Waals surface area contributed by atoms with Gasteiger partial charge < -0.3 is 9.47 Å². The zero-order valence-corrected chi connectivity index (χ0v) is 13.1. The lowest BCUT2D eigenvalue weighted by Gasteiger charge is -2.35. The van der Waals surface area contributed by atoms with Crippen LogP contribution in [0.1, 0.15) is 45.4 Å². The van der Waals surface area contributed by atoms with E-state index in [1.54, 1.807) is 7.11 Å². The Morgan fingerprint density at radius 1 is 1.29 bits per heavy atom. The van der Waals surface area contributed by atoms with Crippen LogP contribution in [0.25, 0.3) is 0 Å². The van der Waals surface area contributed by atoms with Gasteiger partial charge in [0.1, 0.15) is 11.5 Å². The Kier molecular flexibility index (Phi) is 5.50. The van der Waals surface area contributed by atoms with Crippen molar-refractivity contribution >= 4 is 0 Å². The normalized spacial score (nSPS) is 25.1. The number of nitriles is 1. The molecule has 0 spiro atoms. The Balaban J connectivity index is 1.86. The molecule has 0 aromatic heterocycles. The first-order valence-corrected chi connectivity index (χ1v) is 7.89. The summed E-state index contributed by atoms with van der Waals surface area (Å²) in [4.78, 5) is 0. The average molecular weight is 287 g/mol. The Hall–Kier alpha value is -1.69. The predicted molar refractivity (Wildman–Crippen MR) is 83.4 cm³/mol. The van der Waals surface area contributed by atoms with Crippen molar-refractivity contribution < 1.29 is 9.47 Å². The zero-order valence-electron chi connectivity index (χ0n) is 13.1. The highest BCUT2D eigenvalue weighted by Crippen LogP contribution is 2.42. The van der Waals surface area contributed by atoms with Crippen LogP contribution >= 0.6 is 0 Å². The van der Waals surface area contributed by atoms with Gasteiger partial charge in [0.2, 0.25) is 0 Å². The highest BCUT2D eigenvalue weighted by atomic mass is 16.5. The second kappa shape index (κ2) is 7.36. The standard InChI is InChI=1S/C18H25NO2/c1-3-15-5-4-10-18(13-15,14-19)11-12-21-17-8-6-16(20-2)7-9-17/h6-9,15H,3-5,10-13H2,1-2H3. The monoisotopic (exact) mass is 287 g/mol. The molecule has 0 bridgehead atoms. The number of rotatable bonds is 6. The van der Waals surface area contributed by atoms with Crippen molar-refractivity contribution in [1.29, 1.82) is 5.26 Å². The second-order valence-corrected chi connectivity index (χ2v) is 6.04. The highest BCUT2D eigenvalue weighted by Gasteiger charge is 2.35. The van der Waals surface area contributed by atoms with E-state index < -0.39 is 0 Å². The summed E-state index contributed by atoms with van der Waals surface area (Å²) in [5.41, 5.74) is -0.175. The van der Waals surface area contributed by atoms with Crippen LogP contribution in [-0.2, 0) is 0 Å². The Morgan fingerprint density at radius 2 is 2.00 bits per heavy atom. The van der Waals surface area contributed by atoms with Gasteiger partial charge in [-0.15, -0.1) is 0 Å². The van der Waals surface area contributed by atoms with E-state index in [-0.39, 0.29) is 5.41 Å². The summed E-state index contributed by atoms with van der Waals surface area (Å²) in [5, 5.41) is 9.60. The summed E-state index contributed by atoms with van der Waals surface area (Å²) < 4.78 is 10.9. The molecule has 0 amide bonds. The first kappa shape index (κ1) is 15.7. The Bertz CT molecular complexity index is 477. The van der Waals surface area contributed by atoms with Crippen LogP contribution in [0.15, 0.2) is 24.3 Å². The molecular weight excluding hydrogens is 262 g/mol. The van der Waals surface area contributed by atoms with E-state index in [1.807, 2.05) is 24.3 Å². The third kappa shape index (κ3) is 4.14. The first-order valence-electron chi connectivity index (χ1n) is 7.89. The first-order chi connectivity index (χ1) is 10.2. The fourth-order valence-corrected chi connectivity index (χ4v) is 3.26. The van der Waals surface area contributed by atoms with Crippen LogP contribution in [0.3, 0.4) is 0 Å². The number of hydrogen-bond acceptors (Lipinski definition) is 3. The van der Waals surface area contributed by atoms with Crippen LogP contribution in [0.2, 0.25) is 0 Å². The fourth-order valence-electron chi connectivity index (χ4n) is 3.26. The summed E-state index contributed by atoms with van der Waals surface area (Å²) in [6.07, 6.45) is 6.51. The van der Waals surface area contributed by atoms with Crippen LogP contribution in [0, 0.1) is 22.7 Å². The molecule has 0 saturated heterocycles. The quantitative estimate of drug-likeness (QED) is 0.769. The highest BCUT2D eigenvalue weighted by molar-refractivity contribution is 5.31. The van der Waals surface area contributed by atoms with Gasteiger partial charge in [0.15, 0.2) is 0 Å². The largest absolute Gasteiger partial charge is 0.497 e. The number of ether oxygens (including phenoxy) is 2. The van der Waals surface area contributed by atoms with Gasteiger partial charge in [-0.2, -0.15) is 5.26 Å². The van der Waals surface area contributed by atoms with Gasteiger partial charge in [0.05, 0.1) is 25.2 Å². The summed E-state index contributed by atoms with van der Waals surface area (Å²) in [6, 6.07) is 10.2. The van der Waals surface area contributed by atoms with E-state index in [4.69, 9.17) is 9.47 Å². The van der Waals surface area contributed by atoms with Gasteiger partial charge in [0, 0.05) is 6.42 Å². The molecule has 1 aromatic carbocycles. The maximum Gasteiger partial charge on any atom is 0.119 e. The van der Waals surface area contributed by atoms with Crippen molar-refractivity contribution in [2.45, 2.75) is 45.4 Å². The number of hydrogen-bond donors (Lipinski definition) is 0. The minimum Gasteiger partial charge on any atom is -0.497 e. The fraction of sp³-hybridized carbons (Fsp3) is 0.611. The van der Waals surface area contributed by atoms with Crippen molar-refractivity contribution in [3.05, 3.63) is 24.3 Å². The predicted octanol–water partition coefficient (Wildman–Crippen LogP) is 4.57. The molecule has 3 heteroatoms. The topological polar surface area (TPSA) is 42.2 Å². The van der Waals surface area contributed by atoms with E-state index in [1.165, 1.54) is 19.3 Å². The van der Waals surface area contributed by atoms with Crippen molar-refractivity contribution in [3.63, 3.8) is 0 Å². The van der Waals surface area contributed by atoms with Crippen LogP contribution in [-0.4, -0.2) is 13.7 Å². The minimum absolute atomic E-state index is 0.175. The maximum atomic E-state index is 9.60. The number of benzene rings is 1. The molecule has 0 heterocycles. The van der Waals surface area contributed by atoms with E-state index in [0.717, 1.165) is 30.8 Å². The molecule has 1 saturated carbocycles. The summed E-state index contributed by atoms with van der Waals surface area (Å²) in [6.45, 7) is 2.84. The molecule has 2 atom stereocenters. The smallest absolute Gasteiger partial charge is 0.119 e. The molecule has 21 heavy (non-hydrogen) atoms. The van der Waals surface area contributed by atoms with Crippen LogP contribution in [0.4, 0.5) is 0 Å². The van der Waals surface area contributed by atoms with E-state index in [0.29, 0.717) is 12.5 Å². The zero-order chi connectivity index (χ0) is 15.1. The van der Waals surface area contributed by atoms with E-state index in [9.17, 15) is 5.26 Å². The molecule has 3 nitrogen and oxygen atoms in total. The summed E-state index contributed by atoms with van der Waals surface area (Å²) >= 11 is 0. The van der Waals surface area contributed by atoms with Crippen molar-refractivity contribution in [2.75, 3.05) is 13.7 Å². The lowest BCUT2D eigenvalue weighted by Crippen LogP contribution is -2.29. The van der Waals surface area contributed by atoms with Crippen molar-refractivity contribution in [1.82, 2.24) is 0 Å². The average Bonchev–Trinajstić information content (AvgIpc) is 2.55. The molecule has 0 aliphatic heterocycles. The molecule has 1 aliphatic carbocycles. The molecule has 1 aliphatic rings. The molecule has 2 rings (SSSR count).